The van der Waals surface area contributed by atoms with E-state index >= 15 is 0 Å². The van der Waals surface area contributed by atoms with Crippen molar-refractivity contribution in [3.05, 3.63) is 117 Å². The van der Waals surface area contributed by atoms with Gasteiger partial charge in [-0.3, -0.25) is 0 Å². The highest BCUT2D eigenvalue weighted by Crippen LogP contribution is 2.50. The minimum atomic E-state index is 0.0986. The average molecular weight is 652 g/mol. The highest BCUT2D eigenvalue weighted by Gasteiger charge is 2.21. The number of benzene rings is 6. The monoisotopic (exact) mass is 650 g/mol. The lowest BCUT2D eigenvalue weighted by molar-refractivity contribution is 0.467. The number of hydrogen-bond donors (Lipinski definition) is 2. The molecule has 0 aromatic heterocycles. The number of fused-ring (bicyclic) bond motifs is 2. The highest BCUT2D eigenvalue weighted by molar-refractivity contribution is 9.11. The molecule has 0 aliphatic carbocycles. The fraction of sp³-hybridized carbons (Fsp3) is 0.111. The average Bonchev–Trinajstić information content (AvgIpc) is 2.99. The molecule has 0 saturated heterocycles. The third-order valence-corrected chi connectivity index (χ3v) is 8.98. The summed E-state index contributed by atoms with van der Waals surface area (Å²) in [5, 5.41) is 26.4. The van der Waals surface area contributed by atoms with E-state index in [-0.39, 0.29) is 11.5 Å². The minimum Gasteiger partial charge on any atom is -0.506 e. The molecule has 0 radical (unpaired) electrons. The quantitative estimate of drug-likeness (QED) is 0.195. The first-order chi connectivity index (χ1) is 19.4. The highest BCUT2D eigenvalue weighted by atomic mass is 79.9. The van der Waals surface area contributed by atoms with Gasteiger partial charge >= 0.3 is 0 Å². The Labute approximate surface area is 251 Å². The molecule has 6 rings (SSSR count). The van der Waals surface area contributed by atoms with Crippen LogP contribution in [0.15, 0.2) is 106 Å². The van der Waals surface area contributed by atoms with Gasteiger partial charge in [0.15, 0.2) is 0 Å². The molecule has 0 spiro atoms. The van der Waals surface area contributed by atoms with E-state index in [1.165, 1.54) is 11.1 Å². The number of phenolic OH excluding ortho intramolecular Hbond substituents is 2. The van der Waals surface area contributed by atoms with Crippen LogP contribution in [0.4, 0.5) is 0 Å². The van der Waals surface area contributed by atoms with Crippen LogP contribution < -0.4 is 0 Å². The largest absolute Gasteiger partial charge is 0.506 e. The molecule has 6 aromatic rings. The van der Waals surface area contributed by atoms with E-state index in [0.29, 0.717) is 20.1 Å². The second kappa shape index (κ2) is 10.8. The molecule has 198 valence electrons. The van der Waals surface area contributed by atoms with Gasteiger partial charge in [0.1, 0.15) is 11.5 Å². The summed E-state index contributed by atoms with van der Waals surface area (Å²) < 4.78 is 1.15. The van der Waals surface area contributed by atoms with Gasteiger partial charge in [-0.15, -0.1) is 0 Å². The summed E-state index contributed by atoms with van der Waals surface area (Å²) in [4.78, 5) is 0. The van der Waals surface area contributed by atoms with Gasteiger partial charge in [0.05, 0.1) is 8.95 Å². The Hall–Kier alpha value is -3.60. The molecule has 0 saturated carbocycles. The van der Waals surface area contributed by atoms with Gasteiger partial charge in [-0.1, -0.05) is 86.6 Å². The van der Waals surface area contributed by atoms with Crippen LogP contribution in [-0.4, -0.2) is 10.2 Å². The molecule has 0 amide bonds. The third-order valence-electron chi connectivity index (χ3n) is 7.77. The SMILES string of the molecule is CCc1ccc(-c2ccc3c(-c4c(O)c(Br)cc5cc(-c6ccc(CC)cc6)ccc45)c(O)c(Br)cc3c2)cc1. The predicted molar refractivity (Wildman–Crippen MR) is 175 cm³/mol. The Morgan fingerprint density at radius 1 is 0.475 bits per heavy atom. The fourth-order valence-electron chi connectivity index (χ4n) is 5.45. The van der Waals surface area contributed by atoms with Crippen molar-refractivity contribution in [2.75, 3.05) is 0 Å². The van der Waals surface area contributed by atoms with Crippen molar-refractivity contribution >= 4 is 53.4 Å². The Bertz CT molecular complexity index is 1750. The number of hydrogen-bond acceptors (Lipinski definition) is 2. The van der Waals surface area contributed by atoms with Crippen molar-refractivity contribution in [2.45, 2.75) is 26.7 Å². The first-order valence-corrected chi connectivity index (χ1v) is 15.1. The van der Waals surface area contributed by atoms with Gasteiger partial charge in [0.2, 0.25) is 0 Å². The Morgan fingerprint density at radius 3 is 1.18 bits per heavy atom. The van der Waals surface area contributed by atoms with Crippen LogP contribution in [0.3, 0.4) is 0 Å². The van der Waals surface area contributed by atoms with E-state index in [1.807, 2.05) is 24.3 Å². The maximum atomic E-state index is 11.4. The molecular weight excluding hydrogens is 624 g/mol. The van der Waals surface area contributed by atoms with Crippen LogP contribution >= 0.6 is 31.9 Å². The normalized spacial score (nSPS) is 11.4. The predicted octanol–water partition coefficient (Wildman–Crippen LogP) is 11.1. The Morgan fingerprint density at radius 2 is 0.825 bits per heavy atom. The Kier molecular flexibility index (Phi) is 7.16. The molecule has 0 unspecified atom stereocenters. The summed E-state index contributed by atoms with van der Waals surface area (Å²) in [5.74, 6) is 0.197. The summed E-state index contributed by atoms with van der Waals surface area (Å²) in [6.07, 6.45) is 2.01. The van der Waals surface area contributed by atoms with E-state index in [9.17, 15) is 10.2 Å². The lowest BCUT2D eigenvalue weighted by Crippen LogP contribution is -1.90. The van der Waals surface area contributed by atoms with Crippen LogP contribution in [0.2, 0.25) is 0 Å². The van der Waals surface area contributed by atoms with E-state index in [4.69, 9.17) is 0 Å². The molecule has 4 heteroatoms. The molecule has 6 aromatic carbocycles. The summed E-state index contributed by atoms with van der Waals surface area (Å²) in [5.41, 5.74) is 8.28. The van der Waals surface area contributed by atoms with Crippen LogP contribution in [0.25, 0.3) is 54.9 Å². The molecule has 40 heavy (non-hydrogen) atoms. The number of halogens is 2. The van der Waals surface area contributed by atoms with Crippen molar-refractivity contribution in [3.8, 4) is 44.9 Å². The molecule has 0 fully saturated rings. The second-order valence-electron chi connectivity index (χ2n) is 10.1. The summed E-state index contributed by atoms with van der Waals surface area (Å²) >= 11 is 7.16. The number of phenols is 2. The van der Waals surface area contributed by atoms with E-state index in [0.717, 1.165) is 56.6 Å². The number of rotatable bonds is 5. The first-order valence-electron chi connectivity index (χ1n) is 13.5. The molecule has 0 heterocycles. The van der Waals surface area contributed by atoms with Gasteiger partial charge in [0, 0.05) is 11.1 Å². The Balaban J connectivity index is 1.55. The maximum Gasteiger partial charge on any atom is 0.138 e. The summed E-state index contributed by atoms with van der Waals surface area (Å²) in [6, 6.07) is 33.6. The van der Waals surface area contributed by atoms with Gasteiger partial charge in [-0.2, -0.15) is 0 Å². The van der Waals surface area contributed by atoms with Crippen LogP contribution in [0, 0.1) is 0 Å². The van der Waals surface area contributed by atoms with Crippen molar-refractivity contribution in [1.82, 2.24) is 0 Å². The van der Waals surface area contributed by atoms with Crippen LogP contribution in [0.1, 0.15) is 25.0 Å². The molecule has 0 atom stereocenters. The molecule has 0 aliphatic rings. The third kappa shape index (κ3) is 4.70. The van der Waals surface area contributed by atoms with Gasteiger partial charge in [0.25, 0.3) is 0 Å². The van der Waals surface area contributed by atoms with Gasteiger partial charge < -0.3 is 10.2 Å². The van der Waals surface area contributed by atoms with Crippen LogP contribution in [0.5, 0.6) is 11.5 Å². The smallest absolute Gasteiger partial charge is 0.138 e. The fourth-order valence-corrected chi connectivity index (χ4v) is 6.34. The standard InChI is InChI=1S/C36H28Br2O2/c1-3-21-5-9-23(10-6-21)25-13-15-29-27(17-25)19-31(37)35(39)33(29)34-30-16-14-26(18-28(30)20-32(38)36(34)40)24-11-7-22(4-2)8-12-24/h5-20,39-40H,3-4H2,1-2H3. The topological polar surface area (TPSA) is 40.5 Å². The van der Waals surface area contributed by atoms with E-state index in [2.05, 4.69) is 119 Å². The zero-order valence-corrected chi connectivity index (χ0v) is 25.5. The van der Waals surface area contributed by atoms with Gasteiger partial charge in [-0.05, 0) is 124 Å². The summed E-state index contributed by atoms with van der Waals surface area (Å²) in [7, 11) is 0. The van der Waals surface area contributed by atoms with Gasteiger partial charge in [-0.25, -0.2) is 0 Å². The van der Waals surface area contributed by atoms with Crippen molar-refractivity contribution in [3.63, 3.8) is 0 Å². The number of aromatic hydroxyl groups is 2. The minimum absolute atomic E-state index is 0.0986. The maximum absolute atomic E-state index is 11.4. The van der Waals surface area contributed by atoms with E-state index in [1.54, 1.807) is 0 Å². The first kappa shape index (κ1) is 26.6. The zero-order chi connectivity index (χ0) is 28.0. The lowest BCUT2D eigenvalue weighted by atomic mass is 9.90. The number of aryl methyl sites for hydroxylation is 2. The molecule has 2 nitrogen and oxygen atoms in total. The van der Waals surface area contributed by atoms with Crippen molar-refractivity contribution in [1.29, 1.82) is 0 Å². The zero-order valence-electron chi connectivity index (χ0n) is 22.3. The molecule has 0 bridgehead atoms. The summed E-state index contributed by atoms with van der Waals surface area (Å²) in [6.45, 7) is 4.31. The molecule has 2 N–H and O–H groups in total. The van der Waals surface area contributed by atoms with E-state index < -0.39 is 0 Å². The molecular formula is C36H28Br2O2. The van der Waals surface area contributed by atoms with Crippen molar-refractivity contribution < 1.29 is 10.2 Å². The van der Waals surface area contributed by atoms with Crippen molar-refractivity contribution in [2.24, 2.45) is 0 Å². The molecule has 0 aliphatic heterocycles. The van der Waals surface area contributed by atoms with Crippen LogP contribution in [-0.2, 0) is 12.8 Å². The lowest BCUT2D eigenvalue weighted by Gasteiger charge is -2.17. The second-order valence-corrected chi connectivity index (χ2v) is 11.8.